The van der Waals surface area contributed by atoms with Crippen molar-refractivity contribution in [1.29, 1.82) is 0 Å². The molecule has 0 aliphatic heterocycles. The lowest BCUT2D eigenvalue weighted by Gasteiger charge is -2.08. The van der Waals surface area contributed by atoms with Gasteiger partial charge < -0.3 is 10.1 Å². The van der Waals surface area contributed by atoms with Crippen LogP contribution < -0.4 is 5.32 Å². The number of rotatable bonds is 6. The number of benzene rings is 2. The molecule has 2 aromatic carbocycles. The Morgan fingerprint density at radius 3 is 2.29 bits per heavy atom. The maximum Gasteiger partial charge on any atom is 0.341 e. The average Bonchev–Trinajstić information content (AvgIpc) is 3.12. The van der Waals surface area contributed by atoms with Crippen molar-refractivity contribution in [2.24, 2.45) is 0 Å². The Morgan fingerprint density at radius 2 is 1.68 bits per heavy atom. The number of nitrogens with one attached hydrogen (secondary N) is 1. The van der Waals surface area contributed by atoms with Crippen molar-refractivity contribution in [2.75, 3.05) is 12.4 Å². The lowest BCUT2D eigenvalue weighted by atomic mass is 10.0. The molecule has 0 unspecified atom stereocenters. The van der Waals surface area contributed by atoms with E-state index in [9.17, 15) is 9.59 Å². The molecule has 6 heteroatoms. The lowest BCUT2D eigenvalue weighted by Crippen LogP contribution is -2.16. The van der Waals surface area contributed by atoms with Crippen LogP contribution in [0, 0.1) is 0 Å². The second kappa shape index (κ2) is 9.17. The van der Waals surface area contributed by atoms with E-state index in [1.54, 1.807) is 0 Å². The Kier molecular flexibility index (Phi) is 6.65. The Bertz CT molecular complexity index is 978. The number of halogens is 1. The van der Waals surface area contributed by atoms with E-state index < -0.39 is 5.97 Å². The van der Waals surface area contributed by atoms with E-state index in [0.717, 1.165) is 27.6 Å². The monoisotopic (exact) mass is 457 g/mol. The van der Waals surface area contributed by atoms with Gasteiger partial charge in [-0.1, -0.05) is 59.3 Å². The van der Waals surface area contributed by atoms with Gasteiger partial charge in [0, 0.05) is 15.4 Å². The first-order chi connectivity index (χ1) is 13.5. The Hall–Kier alpha value is -2.44. The van der Waals surface area contributed by atoms with Crippen molar-refractivity contribution in [3.63, 3.8) is 0 Å². The lowest BCUT2D eigenvalue weighted by molar-refractivity contribution is -0.115. The number of ether oxygens (including phenoxy) is 1. The third-order valence-corrected chi connectivity index (χ3v) is 5.81. The van der Waals surface area contributed by atoms with Crippen molar-refractivity contribution in [3.05, 3.63) is 75.1 Å². The molecule has 0 saturated heterocycles. The van der Waals surface area contributed by atoms with Crippen LogP contribution in [0.5, 0.6) is 0 Å². The van der Waals surface area contributed by atoms with Crippen LogP contribution in [0.25, 0.3) is 11.1 Å². The van der Waals surface area contributed by atoms with Gasteiger partial charge in [-0.25, -0.2) is 4.79 Å². The largest absolute Gasteiger partial charge is 0.465 e. The molecule has 0 saturated carbocycles. The first-order valence-corrected chi connectivity index (χ1v) is 10.5. The smallest absolute Gasteiger partial charge is 0.341 e. The quantitative estimate of drug-likeness (QED) is 0.482. The first-order valence-electron chi connectivity index (χ1n) is 8.85. The zero-order valence-corrected chi connectivity index (χ0v) is 18.0. The highest BCUT2D eigenvalue weighted by molar-refractivity contribution is 9.10. The third-order valence-electron chi connectivity index (χ3n) is 4.38. The molecule has 144 valence electrons. The second-order valence-corrected chi connectivity index (χ2v) is 8.04. The van der Waals surface area contributed by atoms with Crippen LogP contribution in [0.1, 0.15) is 28.4 Å². The number of methoxy groups -OCH3 is 1. The first kappa shape index (κ1) is 20.3. The Morgan fingerprint density at radius 1 is 1.04 bits per heavy atom. The minimum Gasteiger partial charge on any atom is -0.465 e. The van der Waals surface area contributed by atoms with Gasteiger partial charge in [0.1, 0.15) is 10.6 Å². The van der Waals surface area contributed by atoms with Crippen LogP contribution in [0.15, 0.2) is 58.4 Å². The fourth-order valence-corrected chi connectivity index (χ4v) is 4.08. The van der Waals surface area contributed by atoms with Gasteiger partial charge >= 0.3 is 5.97 Å². The van der Waals surface area contributed by atoms with E-state index in [1.165, 1.54) is 24.0 Å². The highest BCUT2D eigenvalue weighted by atomic mass is 79.9. The molecule has 0 aliphatic carbocycles. The molecular formula is C22H20BrNO3S. The molecule has 1 aromatic heterocycles. The molecule has 1 heterocycles. The number of anilines is 1. The molecule has 3 rings (SSSR count). The van der Waals surface area contributed by atoms with Gasteiger partial charge in [0.15, 0.2) is 0 Å². The van der Waals surface area contributed by atoms with Crippen molar-refractivity contribution in [3.8, 4) is 11.1 Å². The van der Waals surface area contributed by atoms with E-state index in [4.69, 9.17) is 4.74 Å². The fourth-order valence-electron chi connectivity index (χ4n) is 2.85. The van der Waals surface area contributed by atoms with E-state index >= 15 is 0 Å². The number of amides is 1. The molecule has 0 aliphatic rings. The topological polar surface area (TPSA) is 55.4 Å². The summed E-state index contributed by atoms with van der Waals surface area (Å²) in [4.78, 5) is 24.9. The van der Waals surface area contributed by atoms with Crippen LogP contribution in [-0.2, 0) is 22.4 Å². The summed E-state index contributed by atoms with van der Waals surface area (Å²) in [6, 6.07) is 15.6. The highest BCUT2D eigenvalue weighted by Crippen LogP contribution is 2.36. The molecule has 0 radical (unpaired) electrons. The van der Waals surface area contributed by atoms with Gasteiger partial charge in [-0.15, -0.1) is 11.3 Å². The Balaban J connectivity index is 1.86. The summed E-state index contributed by atoms with van der Waals surface area (Å²) in [6.07, 6.45) is 1.18. The van der Waals surface area contributed by atoms with Gasteiger partial charge in [0.25, 0.3) is 0 Å². The van der Waals surface area contributed by atoms with E-state index in [1.807, 2.05) is 53.9 Å². The van der Waals surface area contributed by atoms with Gasteiger partial charge in [-0.2, -0.15) is 0 Å². The summed E-state index contributed by atoms with van der Waals surface area (Å²) in [6.45, 7) is 2.10. The standard InChI is InChI=1S/C22H20BrNO3S/c1-3-14-4-8-16(9-5-14)18-13-28-21(20(18)22(26)27-2)24-19(25)12-15-6-10-17(23)11-7-15/h4-11,13H,3,12H2,1-2H3,(H,24,25). The zero-order chi connectivity index (χ0) is 20.1. The maximum atomic E-state index is 12.5. The molecule has 4 nitrogen and oxygen atoms in total. The highest BCUT2D eigenvalue weighted by Gasteiger charge is 2.22. The molecule has 1 amide bonds. The minimum atomic E-state index is -0.463. The minimum absolute atomic E-state index is 0.179. The molecule has 0 fully saturated rings. The van der Waals surface area contributed by atoms with Crippen LogP contribution in [-0.4, -0.2) is 19.0 Å². The van der Waals surface area contributed by atoms with Crippen LogP contribution in [0.2, 0.25) is 0 Å². The number of esters is 1. The van der Waals surface area contributed by atoms with Crippen LogP contribution in [0.4, 0.5) is 5.00 Å². The summed E-state index contributed by atoms with van der Waals surface area (Å²) < 4.78 is 5.93. The van der Waals surface area contributed by atoms with Gasteiger partial charge in [-0.3, -0.25) is 4.79 Å². The maximum absolute atomic E-state index is 12.5. The molecular weight excluding hydrogens is 438 g/mol. The molecule has 1 N–H and O–H groups in total. The molecule has 28 heavy (non-hydrogen) atoms. The average molecular weight is 458 g/mol. The van der Waals surface area contributed by atoms with E-state index in [2.05, 4.69) is 28.2 Å². The number of carbonyl (C=O) groups excluding carboxylic acids is 2. The second-order valence-electron chi connectivity index (χ2n) is 6.25. The van der Waals surface area contributed by atoms with Gasteiger partial charge in [0.05, 0.1) is 13.5 Å². The van der Waals surface area contributed by atoms with Crippen molar-refractivity contribution in [2.45, 2.75) is 19.8 Å². The summed E-state index contributed by atoms with van der Waals surface area (Å²) in [5.74, 6) is -0.642. The summed E-state index contributed by atoms with van der Waals surface area (Å²) in [5.41, 5.74) is 4.19. The fraction of sp³-hybridized carbons (Fsp3) is 0.182. The summed E-state index contributed by atoms with van der Waals surface area (Å²) in [5, 5.41) is 5.25. The summed E-state index contributed by atoms with van der Waals surface area (Å²) >= 11 is 4.71. The SMILES string of the molecule is CCc1ccc(-c2csc(NC(=O)Cc3ccc(Br)cc3)c2C(=O)OC)cc1. The number of carbonyl (C=O) groups is 2. The number of hydrogen-bond donors (Lipinski definition) is 1. The molecule has 0 spiro atoms. The molecule has 0 bridgehead atoms. The van der Waals surface area contributed by atoms with Gasteiger partial charge in [0.2, 0.25) is 5.91 Å². The zero-order valence-electron chi connectivity index (χ0n) is 15.6. The van der Waals surface area contributed by atoms with E-state index in [0.29, 0.717) is 10.6 Å². The van der Waals surface area contributed by atoms with Crippen LogP contribution >= 0.6 is 27.3 Å². The molecule has 0 atom stereocenters. The Labute approximate surface area is 176 Å². The van der Waals surface area contributed by atoms with Gasteiger partial charge in [-0.05, 0) is 35.2 Å². The number of hydrogen-bond acceptors (Lipinski definition) is 4. The summed E-state index contributed by atoms with van der Waals surface area (Å²) in [7, 11) is 1.34. The predicted molar refractivity (Wildman–Crippen MR) is 117 cm³/mol. The third kappa shape index (κ3) is 4.69. The predicted octanol–water partition coefficient (Wildman–Crippen LogP) is 5.71. The number of thiophene rings is 1. The number of aryl methyl sites for hydroxylation is 1. The van der Waals surface area contributed by atoms with Crippen LogP contribution in [0.3, 0.4) is 0 Å². The molecule has 3 aromatic rings. The van der Waals surface area contributed by atoms with Crippen molar-refractivity contribution >= 4 is 44.1 Å². The van der Waals surface area contributed by atoms with Crippen molar-refractivity contribution < 1.29 is 14.3 Å². The van der Waals surface area contributed by atoms with E-state index in [-0.39, 0.29) is 12.3 Å². The van der Waals surface area contributed by atoms with Crippen molar-refractivity contribution in [1.82, 2.24) is 0 Å². The normalized spacial score (nSPS) is 10.5.